The summed E-state index contributed by atoms with van der Waals surface area (Å²) in [5, 5.41) is 8.18. The number of ether oxygens (including phenoxy) is 3. The highest BCUT2D eigenvalue weighted by Crippen LogP contribution is 2.28. The molecule has 1 heterocycles. The van der Waals surface area contributed by atoms with E-state index in [9.17, 15) is 4.79 Å². The Hall–Kier alpha value is -3.97. The summed E-state index contributed by atoms with van der Waals surface area (Å²) in [6, 6.07) is 22.3. The third-order valence-corrected chi connectivity index (χ3v) is 5.88. The molecule has 1 amide bonds. The van der Waals surface area contributed by atoms with E-state index < -0.39 is 0 Å². The Morgan fingerprint density at radius 2 is 1.66 bits per heavy atom. The number of nitrogens with zero attached hydrogens (tertiary/aromatic N) is 2. The molecular weight excluding hydrogens is 466 g/mol. The van der Waals surface area contributed by atoms with Gasteiger partial charge in [-0.15, -0.1) is 0 Å². The molecule has 1 aromatic heterocycles. The van der Waals surface area contributed by atoms with Gasteiger partial charge in [-0.05, 0) is 66.6 Å². The van der Waals surface area contributed by atoms with Gasteiger partial charge in [-0.25, -0.2) is 4.68 Å². The first-order valence-corrected chi connectivity index (χ1v) is 11.4. The predicted octanol–water partition coefficient (Wildman–Crippen LogP) is 5.19. The van der Waals surface area contributed by atoms with Crippen LogP contribution >= 0.6 is 11.6 Å². The molecule has 0 radical (unpaired) electrons. The number of aromatic nitrogens is 2. The fraction of sp³-hybridized carbons (Fsp3) is 0.185. The van der Waals surface area contributed by atoms with Crippen LogP contribution in [0.1, 0.15) is 16.1 Å². The lowest BCUT2D eigenvalue weighted by atomic mass is 10.1. The molecule has 3 aromatic carbocycles. The lowest BCUT2D eigenvalue weighted by Gasteiger charge is -2.11. The molecule has 35 heavy (non-hydrogen) atoms. The largest absolute Gasteiger partial charge is 0.497 e. The quantitative estimate of drug-likeness (QED) is 0.348. The molecule has 0 fully saturated rings. The summed E-state index contributed by atoms with van der Waals surface area (Å²) in [5.74, 6) is 1.80. The van der Waals surface area contributed by atoms with Crippen LogP contribution in [0.4, 0.5) is 0 Å². The van der Waals surface area contributed by atoms with Gasteiger partial charge in [-0.2, -0.15) is 5.10 Å². The zero-order chi connectivity index (χ0) is 24.8. The van der Waals surface area contributed by atoms with Crippen LogP contribution in [0.15, 0.2) is 72.8 Å². The van der Waals surface area contributed by atoms with Crippen LogP contribution in [0.2, 0.25) is 5.02 Å². The maximum absolute atomic E-state index is 13.2. The topological polar surface area (TPSA) is 74.6 Å². The monoisotopic (exact) mass is 491 g/mol. The molecule has 4 aromatic rings. The molecule has 0 saturated carbocycles. The number of methoxy groups -OCH3 is 3. The van der Waals surface area contributed by atoms with E-state index in [-0.39, 0.29) is 5.91 Å². The van der Waals surface area contributed by atoms with E-state index in [4.69, 9.17) is 30.9 Å². The van der Waals surface area contributed by atoms with Gasteiger partial charge in [0.25, 0.3) is 5.91 Å². The predicted molar refractivity (Wildman–Crippen MR) is 136 cm³/mol. The van der Waals surface area contributed by atoms with Crippen molar-refractivity contribution in [3.8, 4) is 34.2 Å². The molecule has 0 atom stereocenters. The minimum atomic E-state index is -0.252. The number of halogens is 1. The molecular formula is C27H26ClN3O4. The van der Waals surface area contributed by atoms with Crippen LogP contribution in [-0.2, 0) is 6.42 Å². The second kappa shape index (κ2) is 11.0. The van der Waals surface area contributed by atoms with Gasteiger partial charge in [0.1, 0.15) is 11.4 Å². The van der Waals surface area contributed by atoms with E-state index in [0.717, 1.165) is 16.9 Å². The molecule has 180 valence electrons. The number of carbonyl (C=O) groups excluding carboxylic acids is 1. The minimum Gasteiger partial charge on any atom is -0.497 e. The molecule has 0 aliphatic carbocycles. The molecule has 0 unspecified atom stereocenters. The summed E-state index contributed by atoms with van der Waals surface area (Å²) in [6.45, 7) is 0.430. The van der Waals surface area contributed by atoms with Crippen molar-refractivity contribution in [2.75, 3.05) is 27.9 Å². The first kappa shape index (κ1) is 24.2. The molecule has 4 rings (SSSR count). The van der Waals surface area contributed by atoms with Gasteiger partial charge in [-0.1, -0.05) is 29.8 Å². The molecule has 0 saturated heterocycles. The van der Waals surface area contributed by atoms with Gasteiger partial charge in [-0.3, -0.25) is 4.79 Å². The normalized spacial score (nSPS) is 10.6. The van der Waals surface area contributed by atoms with Crippen LogP contribution < -0.4 is 19.5 Å². The summed E-state index contributed by atoms with van der Waals surface area (Å²) in [5.41, 5.74) is 3.53. The third kappa shape index (κ3) is 5.41. The number of rotatable bonds is 9. The van der Waals surface area contributed by atoms with Gasteiger partial charge in [0.05, 0.1) is 37.7 Å². The summed E-state index contributed by atoms with van der Waals surface area (Å²) in [4.78, 5) is 13.2. The highest BCUT2D eigenvalue weighted by molar-refractivity contribution is 6.32. The van der Waals surface area contributed by atoms with Crippen LogP contribution in [-0.4, -0.2) is 43.6 Å². The third-order valence-electron chi connectivity index (χ3n) is 5.56. The van der Waals surface area contributed by atoms with Crippen molar-refractivity contribution in [3.63, 3.8) is 0 Å². The molecule has 7 nitrogen and oxygen atoms in total. The number of hydrogen-bond acceptors (Lipinski definition) is 5. The van der Waals surface area contributed by atoms with Gasteiger partial charge >= 0.3 is 0 Å². The second-order valence-electron chi connectivity index (χ2n) is 7.70. The summed E-state index contributed by atoms with van der Waals surface area (Å²) >= 11 is 6.44. The van der Waals surface area contributed by atoms with Crippen molar-refractivity contribution < 1.29 is 19.0 Å². The van der Waals surface area contributed by atoms with E-state index in [1.54, 1.807) is 38.1 Å². The Morgan fingerprint density at radius 3 is 2.34 bits per heavy atom. The number of nitrogens with one attached hydrogen (secondary N) is 1. The number of hydrogen-bond donors (Lipinski definition) is 1. The maximum Gasteiger partial charge on any atom is 0.270 e. The number of carbonyl (C=O) groups is 1. The van der Waals surface area contributed by atoms with Crippen LogP contribution in [0.25, 0.3) is 16.9 Å². The van der Waals surface area contributed by atoms with E-state index in [2.05, 4.69) is 5.32 Å². The summed E-state index contributed by atoms with van der Waals surface area (Å²) in [6.07, 6.45) is 0.623. The van der Waals surface area contributed by atoms with Gasteiger partial charge < -0.3 is 19.5 Å². The lowest BCUT2D eigenvalue weighted by Crippen LogP contribution is -2.28. The molecule has 1 N–H and O–H groups in total. The van der Waals surface area contributed by atoms with Crippen molar-refractivity contribution in [2.45, 2.75) is 6.42 Å². The van der Waals surface area contributed by atoms with E-state index in [1.807, 2.05) is 60.7 Å². The standard InChI is InChI=1S/C27H26ClN3O4/c1-33-20-11-9-19(10-12-20)22-17-24(31(30-22)23-7-5-4-6-21(23)28)27(32)29-15-14-18-8-13-25(34-2)26(16-18)35-3/h4-13,16-17H,14-15H2,1-3H3,(H,29,32). The highest BCUT2D eigenvalue weighted by atomic mass is 35.5. The lowest BCUT2D eigenvalue weighted by molar-refractivity contribution is 0.0946. The van der Waals surface area contributed by atoms with E-state index >= 15 is 0 Å². The fourth-order valence-corrected chi connectivity index (χ4v) is 3.92. The van der Waals surface area contributed by atoms with Crippen molar-refractivity contribution in [2.24, 2.45) is 0 Å². The number of amides is 1. The van der Waals surface area contributed by atoms with E-state index in [1.165, 1.54) is 0 Å². The number of benzene rings is 3. The average molecular weight is 492 g/mol. The Kier molecular flexibility index (Phi) is 7.57. The first-order valence-electron chi connectivity index (χ1n) is 11.0. The van der Waals surface area contributed by atoms with Gasteiger partial charge in [0.15, 0.2) is 11.5 Å². The maximum atomic E-state index is 13.2. The second-order valence-corrected chi connectivity index (χ2v) is 8.11. The van der Waals surface area contributed by atoms with Crippen LogP contribution in [0.5, 0.6) is 17.2 Å². The summed E-state index contributed by atoms with van der Waals surface area (Å²) < 4.78 is 17.5. The Morgan fingerprint density at radius 1 is 0.914 bits per heavy atom. The minimum absolute atomic E-state index is 0.252. The molecule has 0 spiro atoms. The average Bonchev–Trinajstić information content (AvgIpc) is 3.34. The molecule has 0 aliphatic rings. The summed E-state index contributed by atoms with van der Waals surface area (Å²) in [7, 11) is 4.81. The molecule has 0 bridgehead atoms. The van der Waals surface area contributed by atoms with Crippen LogP contribution in [0, 0.1) is 0 Å². The van der Waals surface area contributed by atoms with Crippen molar-refractivity contribution in [1.82, 2.24) is 15.1 Å². The van der Waals surface area contributed by atoms with Crippen molar-refractivity contribution in [1.29, 1.82) is 0 Å². The van der Waals surface area contributed by atoms with E-state index in [0.29, 0.717) is 46.6 Å². The Balaban J connectivity index is 1.58. The molecule has 8 heteroatoms. The van der Waals surface area contributed by atoms with Crippen molar-refractivity contribution >= 4 is 17.5 Å². The van der Waals surface area contributed by atoms with Crippen LogP contribution in [0.3, 0.4) is 0 Å². The fourth-order valence-electron chi connectivity index (χ4n) is 3.70. The Bertz CT molecular complexity index is 1320. The molecule has 0 aliphatic heterocycles. The zero-order valence-corrected chi connectivity index (χ0v) is 20.5. The SMILES string of the molecule is COc1ccc(-c2cc(C(=O)NCCc3ccc(OC)c(OC)c3)n(-c3ccccc3Cl)n2)cc1. The first-order chi connectivity index (χ1) is 17.0. The highest BCUT2D eigenvalue weighted by Gasteiger charge is 2.19. The van der Waals surface area contributed by atoms with Gasteiger partial charge in [0.2, 0.25) is 0 Å². The van der Waals surface area contributed by atoms with Gasteiger partial charge in [0, 0.05) is 12.1 Å². The zero-order valence-electron chi connectivity index (χ0n) is 19.7. The number of para-hydroxylation sites is 1. The van der Waals surface area contributed by atoms with Crippen molar-refractivity contribution in [3.05, 3.63) is 89.1 Å². The smallest absolute Gasteiger partial charge is 0.270 e. The Labute approximate surface area is 209 Å².